The molecule has 1 aliphatic heterocycles. The lowest BCUT2D eigenvalue weighted by Crippen LogP contribution is -2.44. The third-order valence-corrected chi connectivity index (χ3v) is 3.59. The minimum Gasteiger partial charge on any atom is -0.505 e. The van der Waals surface area contributed by atoms with E-state index < -0.39 is 5.82 Å². The average Bonchev–Trinajstić information content (AvgIpc) is 2.37. The maximum Gasteiger partial charge on any atom is 0.165 e. The summed E-state index contributed by atoms with van der Waals surface area (Å²) in [7, 11) is 1.97. The normalized spacial score (nSPS) is 21.1. The minimum atomic E-state index is -0.533. The van der Waals surface area contributed by atoms with Crippen LogP contribution in [0.15, 0.2) is 18.2 Å². The lowest BCUT2D eigenvalue weighted by molar-refractivity contribution is 0.139. The Morgan fingerprint density at radius 1 is 1.44 bits per heavy atom. The molecule has 0 amide bonds. The second kappa shape index (κ2) is 6.16. The van der Waals surface area contributed by atoms with Crippen molar-refractivity contribution in [3.8, 4) is 5.75 Å². The van der Waals surface area contributed by atoms with E-state index >= 15 is 0 Å². The zero-order valence-corrected chi connectivity index (χ0v) is 10.8. The Balaban J connectivity index is 2.03. The van der Waals surface area contributed by atoms with Crippen LogP contribution in [-0.4, -0.2) is 36.2 Å². The van der Waals surface area contributed by atoms with Gasteiger partial charge in [0.1, 0.15) is 0 Å². The number of hydrogen-bond donors (Lipinski definition) is 2. The van der Waals surface area contributed by atoms with Crippen LogP contribution in [0.5, 0.6) is 5.75 Å². The van der Waals surface area contributed by atoms with Crippen LogP contribution in [0.2, 0.25) is 0 Å². The second-order valence-electron chi connectivity index (χ2n) is 4.96. The monoisotopic (exact) mass is 252 g/mol. The molecule has 1 unspecified atom stereocenters. The van der Waals surface area contributed by atoms with Crippen LogP contribution in [-0.2, 0) is 6.54 Å². The zero-order valence-electron chi connectivity index (χ0n) is 10.8. The summed E-state index contributed by atoms with van der Waals surface area (Å²) >= 11 is 0. The van der Waals surface area contributed by atoms with Gasteiger partial charge < -0.3 is 10.4 Å². The summed E-state index contributed by atoms with van der Waals surface area (Å²) in [6, 6.07) is 5.19. The molecule has 1 fully saturated rings. The Morgan fingerprint density at radius 2 is 2.28 bits per heavy atom. The maximum atomic E-state index is 13.3. The molecular formula is C14H21FN2O. The van der Waals surface area contributed by atoms with E-state index in [-0.39, 0.29) is 5.75 Å². The van der Waals surface area contributed by atoms with E-state index in [1.807, 2.05) is 7.05 Å². The van der Waals surface area contributed by atoms with Crippen molar-refractivity contribution in [2.24, 2.45) is 0 Å². The number of nitrogens with one attached hydrogen (secondary N) is 1. The van der Waals surface area contributed by atoms with Gasteiger partial charge in [-0.3, -0.25) is 4.90 Å². The summed E-state index contributed by atoms with van der Waals surface area (Å²) in [4.78, 5) is 2.39. The molecule has 2 rings (SSSR count). The first-order chi connectivity index (χ1) is 8.70. The Hall–Kier alpha value is -1.13. The molecule has 1 aromatic carbocycles. The zero-order chi connectivity index (χ0) is 13.0. The Kier molecular flexibility index (Phi) is 4.55. The first kappa shape index (κ1) is 13.3. The highest BCUT2D eigenvalue weighted by Crippen LogP contribution is 2.22. The maximum absolute atomic E-state index is 13.3. The molecule has 1 aliphatic rings. The van der Waals surface area contributed by atoms with Gasteiger partial charge >= 0.3 is 0 Å². The molecule has 0 radical (unpaired) electrons. The van der Waals surface area contributed by atoms with E-state index in [1.165, 1.54) is 31.4 Å². The third-order valence-electron chi connectivity index (χ3n) is 3.59. The van der Waals surface area contributed by atoms with E-state index in [9.17, 15) is 9.50 Å². The van der Waals surface area contributed by atoms with Gasteiger partial charge in [0.2, 0.25) is 0 Å². The lowest BCUT2D eigenvalue weighted by atomic mass is 10.0. The number of aromatic hydroxyl groups is 1. The van der Waals surface area contributed by atoms with Crippen molar-refractivity contribution in [1.29, 1.82) is 0 Å². The van der Waals surface area contributed by atoms with Gasteiger partial charge in [-0.15, -0.1) is 0 Å². The van der Waals surface area contributed by atoms with Crippen molar-refractivity contribution in [1.82, 2.24) is 10.2 Å². The predicted molar refractivity (Wildman–Crippen MR) is 70.0 cm³/mol. The summed E-state index contributed by atoms with van der Waals surface area (Å²) < 4.78 is 13.3. The number of halogens is 1. The standard InChI is InChI=1S/C14H21FN2O/c1-16-9-12-4-2-3-7-17(12)10-11-5-6-14(18)13(15)8-11/h5-6,8,12,16,18H,2-4,7,9-10H2,1H3. The highest BCUT2D eigenvalue weighted by molar-refractivity contribution is 5.28. The molecule has 0 spiro atoms. The Labute approximate surface area is 108 Å². The van der Waals surface area contributed by atoms with Gasteiger partial charge in [0.05, 0.1) is 0 Å². The van der Waals surface area contributed by atoms with Gasteiger partial charge in [-0.25, -0.2) is 4.39 Å². The minimum absolute atomic E-state index is 0.274. The summed E-state index contributed by atoms with van der Waals surface area (Å²) in [6.45, 7) is 2.79. The van der Waals surface area contributed by atoms with Crippen LogP contribution in [0.4, 0.5) is 4.39 Å². The Bertz CT molecular complexity index is 395. The molecule has 0 aromatic heterocycles. The summed E-state index contributed by atoms with van der Waals surface area (Å²) in [5.74, 6) is -0.807. The molecule has 3 nitrogen and oxygen atoms in total. The fourth-order valence-corrected chi connectivity index (χ4v) is 2.62. The largest absolute Gasteiger partial charge is 0.505 e. The quantitative estimate of drug-likeness (QED) is 0.861. The van der Waals surface area contributed by atoms with Crippen LogP contribution < -0.4 is 5.32 Å². The van der Waals surface area contributed by atoms with E-state index in [1.54, 1.807) is 6.07 Å². The number of phenolic OH excluding ortho intramolecular Hbond substituents is 1. The smallest absolute Gasteiger partial charge is 0.165 e. The molecule has 2 N–H and O–H groups in total. The Morgan fingerprint density at radius 3 is 3.00 bits per heavy atom. The first-order valence-corrected chi connectivity index (χ1v) is 6.56. The second-order valence-corrected chi connectivity index (χ2v) is 4.96. The van der Waals surface area contributed by atoms with Gasteiger partial charge in [-0.05, 0) is 44.1 Å². The van der Waals surface area contributed by atoms with Crippen molar-refractivity contribution in [2.75, 3.05) is 20.1 Å². The third kappa shape index (κ3) is 3.21. The van der Waals surface area contributed by atoms with E-state index in [0.717, 1.165) is 25.2 Å². The lowest BCUT2D eigenvalue weighted by Gasteiger charge is -2.35. The molecule has 18 heavy (non-hydrogen) atoms. The van der Waals surface area contributed by atoms with Crippen molar-refractivity contribution in [3.63, 3.8) is 0 Å². The first-order valence-electron chi connectivity index (χ1n) is 6.56. The number of likely N-dealkylation sites (tertiary alicyclic amines) is 1. The van der Waals surface area contributed by atoms with Crippen LogP contribution in [0.1, 0.15) is 24.8 Å². The molecular weight excluding hydrogens is 231 g/mol. The predicted octanol–water partition coefficient (Wildman–Crippen LogP) is 2.11. The van der Waals surface area contributed by atoms with Gasteiger partial charge in [-0.1, -0.05) is 12.5 Å². The van der Waals surface area contributed by atoms with E-state index in [0.29, 0.717) is 6.04 Å². The molecule has 0 bridgehead atoms. The number of piperidine rings is 1. The fourth-order valence-electron chi connectivity index (χ4n) is 2.62. The van der Waals surface area contributed by atoms with Crippen LogP contribution in [0.25, 0.3) is 0 Å². The number of benzene rings is 1. The molecule has 1 saturated heterocycles. The van der Waals surface area contributed by atoms with Crippen molar-refractivity contribution in [2.45, 2.75) is 31.8 Å². The van der Waals surface area contributed by atoms with E-state index in [2.05, 4.69) is 10.2 Å². The summed E-state index contributed by atoms with van der Waals surface area (Å²) in [5, 5.41) is 12.4. The van der Waals surface area contributed by atoms with E-state index in [4.69, 9.17) is 0 Å². The van der Waals surface area contributed by atoms with Crippen molar-refractivity contribution < 1.29 is 9.50 Å². The average molecular weight is 252 g/mol. The van der Waals surface area contributed by atoms with Crippen LogP contribution in [0.3, 0.4) is 0 Å². The fraction of sp³-hybridized carbons (Fsp3) is 0.571. The topological polar surface area (TPSA) is 35.5 Å². The summed E-state index contributed by atoms with van der Waals surface area (Å²) in [6.07, 6.45) is 3.68. The number of nitrogens with zero attached hydrogens (tertiary/aromatic N) is 1. The molecule has 1 aromatic rings. The number of rotatable bonds is 4. The number of likely N-dealkylation sites (N-methyl/N-ethyl adjacent to an activating group) is 1. The van der Waals surface area contributed by atoms with Crippen LogP contribution in [0, 0.1) is 5.82 Å². The summed E-state index contributed by atoms with van der Waals surface area (Å²) in [5.41, 5.74) is 0.924. The van der Waals surface area contributed by atoms with Gasteiger partial charge in [0.15, 0.2) is 11.6 Å². The van der Waals surface area contributed by atoms with Gasteiger partial charge in [0.25, 0.3) is 0 Å². The molecule has 0 saturated carbocycles. The number of phenols is 1. The van der Waals surface area contributed by atoms with Crippen LogP contribution >= 0.6 is 0 Å². The molecule has 4 heteroatoms. The highest BCUT2D eigenvalue weighted by Gasteiger charge is 2.21. The van der Waals surface area contributed by atoms with Gasteiger partial charge in [0, 0.05) is 19.1 Å². The molecule has 0 aliphatic carbocycles. The van der Waals surface area contributed by atoms with Crippen molar-refractivity contribution in [3.05, 3.63) is 29.6 Å². The highest BCUT2D eigenvalue weighted by atomic mass is 19.1. The van der Waals surface area contributed by atoms with Crippen molar-refractivity contribution >= 4 is 0 Å². The SMILES string of the molecule is CNCC1CCCCN1Cc1ccc(O)c(F)c1. The molecule has 1 heterocycles. The van der Waals surface area contributed by atoms with Gasteiger partial charge in [-0.2, -0.15) is 0 Å². The molecule has 100 valence electrons. The molecule has 1 atom stereocenters. The number of hydrogen-bond acceptors (Lipinski definition) is 3.